The van der Waals surface area contributed by atoms with E-state index in [0.29, 0.717) is 17.8 Å². The van der Waals surface area contributed by atoms with Gasteiger partial charge in [0.2, 0.25) is 0 Å². The van der Waals surface area contributed by atoms with Crippen LogP contribution in [0.1, 0.15) is 28.4 Å². The Morgan fingerprint density at radius 2 is 1.94 bits per heavy atom. The number of nitrogens with one attached hydrogen (secondary N) is 1. The number of amides is 1. The molecule has 0 aliphatic rings. The number of hydrogen-bond acceptors (Lipinski definition) is 4. The number of benzene rings is 1. The molecule has 0 aliphatic heterocycles. The summed E-state index contributed by atoms with van der Waals surface area (Å²) in [6.45, 7) is 5.69. The predicted molar refractivity (Wildman–Crippen MR) is 69.3 cm³/mol. The van der Waals surface area contributed by atoms with Crippen LogP contribution in [0.3, 0.4) is 0 Å². The quantitative estimate of drug-likeness (QED) is 0.621. The van der Waals surface area contributed by atoms with Crippen molar-refractivity contribution in [3.63, 3.8) is 0 Å². The van der Waals surface area contributed by atoms with Gasteiger partial charge in [0, 0.05) is 12.2 Å². The van der Waals surface area contributed by atoms with E-state index in [1.165, 1.54) is 0 Å². The summed E-state index contributed by atoms with van der Waals surface area (Å²) in [5, 5.41) is 2.55. The zero-order valence-electron chi connectivity index (χ0n) is 10.9. The topological polar surface area (TPSA) is 81.4 Å². The molecular formula is C13H18N2O3. The third-order valence-corrected chi connectivity index (χ3v) is 2.54. The fourth-order valence-corrected chi connectivity index (χ4v) is 1.55. The van der Waals surface area contributed by atoms with Gasteiger partial charge in [-0.2, -0.15) is 0 Å². The molecule has 98 valence electrons. The van der Waals surface area contributed by atoms with Gasteiger partial charge in [-0.3, -0.25) is 4.79 Å². The summed E-state index contributed by atoms with van der Waals surface area (Å²) in [4.78, 5) is 23.0. The largest absolute Gasteiger partial charge is 0.452 e. The van der Waals surface area contributed by atoms with Crippen LogP contribution in [0.4, 0.5) is 5.69 Å². The number of carbonyl (C=O) groups excluding carboxylic acids is 2. The zero-order chi connectivity index (χ0) is 13.7. The Hall–Kier alpha value is -2.04. The summed E-state index contributed by atoms with van der Waals surface area (Å²) < 4.78 is 4.91. The average molecular weight is 250 g/mol. The SMILES string of the molecule is CCNC(=O)COC(=O)c1cc(N)c(C)cc1C. The molecular weight excluding hydrogens is 232 g/mol. The van der Waals surface area contributed by atoms with Crippen molar-refractivity contribution in [3.8, 4) is 0 Å². The molecule has 0 saturated carbocycles. The molecule has 0 unspecified atom stereocenters. The molecule has 3 N–H and O–H groups in total. The maximum atomic E-state index is 11.8. The molecule has 0 spiro atoms. The van der Waals surface area contributed by atoms with Crippen molar-refractivity contribution in [2.24, 2.45) is 0 Å². The molecule has 0 aliphatic carbocycles. The number of rotatable bonds is 4. The summed E-state index contributed by atoms with van der Waals surface area (Å²) in [6.07, 6.45) is 0. The second-order valence-corrected chi connectivity index (χ2v) is 4.05. The average Bonchev–Trinajstić information content (AvgIpc) is 2.31. The molecule has 0 aromatic heterocycles. The smallest absolute Gasteiger partial charge is 0.338 e. The van der Waals surface area contributed by atoms with Gasteiger partial charge >= 0.3 is 5.97 Å². The van der Waals surface area contributed by atoms with E-state index in [0.717, 1.165) is 11.1 Å². The lowest BCUT2D eigenvalue weighted by Gasteiger charge is -2.09. The van der Waals surface area contributed by atoms with E-state index in [-0.39, 0.29) is 12.5 Å². The number of hydrogen-bond donors (Lipinski definition) is 2. The number of esters is 1. The Balaban J connectivity index is 2.73. The second-order valence-electron chi connectivity index (χ2n) is 4.05. The molecule has 5 heteroatoms. The first kappa shape index (κ1) is 14.0. The molecule has 1 aromatic rings. The Morgan fingerprint density at radius 3 is 2.56 bits per heavy atom. The second kappa shape index (κ2) is 6.05. The van der Waals surface area contributed by atoms with Crippen LogP contribution in [0.2, 0.25) is 0 Å². The number of nitrogens with two attached hydrogens (primary N) is 1. The van der Waals surface area contributed by atoms with Crippen LogP contribution in [0.25, 0.3) is 0 Å². The third kappa shape index (κ3) is 3.48. The normalized spacial score (nSPS) is 9.94. The standard InChI is InChI=1S/C13H18N2O3/c1-4-15-12(16)7-18-13(17)10-6-11(14)9(3)5-8(10)2/h5-6H,4,7,14H2,1-3H3,(H,15,16). The molecule has 0 saturated heterocycles. The van der Waals surface area contributed by atoms with Crippen molar-refractivity contribution in [1.82, 2.24) is 5.32 Å². The van der Waals surface area contributed by atoms with Gasteiger partial charge in [-0.1, -0.05) is 6.07 Å². The number of aryl methyl sites for hydroxylation is 2. The van der Waals surface area contributed by atoms with E-state index in [1.54, 1.807) is 19.9 Å². The molecule has 0 heterocycles. The van der Waals surface area contributed by atoms with Crippen molar-refractivity contribution < 1.29 is 14.3 Å². The van der Waals surface area contributed by atoms with Crippen LogP contribution in [0, 0.1) is 13.8 Å². The summed E-state index contributed by atoms with van der Waals surface area (Å²) in [5.41, 5.74) is 8.36. The molecule has 1 amide bonds. The third-order valence-electron chi connectivity index (χ3n) is 2.54. The van der Waals surface area contributed by atoms with E-state index in [4.69, 9.17) is 10.5 Å². The lowest BCUT2D eigenvalue weighted by molar-refractivity contribution is -0.124. The van der Waals surface area contributed by atoms with Crippen LogP contribution in [0.15, 0.2) is 12.1 Å². The summed E-state index contributed by atoms with van der Waals surface area (Å²) in [5.74, 6) is -0.853. The minimum absolute atomic E-state index is 0.278. The van der Waals surface area contributed by atoms with Gasteiger partial charge in [0.25, 0.3) is 5.91 Å². The molecule has 0 radical (unpaired) electrons. The van der Waals surface area contributed by atoms with Gasteiger partial charge < -0.3 is 15.8 Å². The first-order valence-electron chi connectivity index (χ1n) is 5.76. The van der Waals surface area contributed by atoms with E-state index in [2.05, 4.69) is 5.32 Å². The van der Waals surface area contributed by atoms with Gasteiger partial charge in [0.1, 0.15) is 0 Å². The lowest BCUT2D eigenvalue weighted by atomic mass is 10.0. The van der Waals surface area contributed by atoms with Gasteiger partial charge in [-0.15, -0.1) is 0 Å². The van der Waals surface area contributed by atoms with Gasteiger partial charge in [0.15, 0.2) is 6.61 Å². The number of anilines is 1. The fraction of sp³-hybridized carbons (Fsp3) is 0.385. The minimum atomic E-state index is -0.537. The van der Waals surface area contributed by atoms with Crippen LogP contribution in [-0.2, 0) is 9.53 Å². The van der Waals surface area contributed by atoms with E-state index >= 15 is 0 Å². The number of ether oxygens (including phenoxy) is 1. The van der Waals surface area contributed by atoms with Crippen LogP contribution < -0.4 is 11.1 Å². The number of carbonyl (C=O) groups is 2. The van der Waals surface area contributed by atoms with E-state index in [9.17, 15) is 9.59 Å². The predicted octanol–water partition coefficient (Wildman–Crippen LogP) is 1.18. The van der Waals surface area contributed by atoms with Gasteiger partial charge in [-0.25, -0.2) is 4.79 Å². The Kier molecular flexibility index (Phi) is 4.71. The lowest BCUT2D eigenvalue weighted by Crippen LogP contribution is -2.28. The van der Waals surface area contributed by atoms with E-state index in [1.807, 2.05) is 13.0 Å². The molecule has 1 aromatic carbocycles. The van der Waals surface area contributed by atoms with Gasteiger partial charge in [0.05, 0.1) is 5.56 Å². The van der Waals surface area contributed by atoms with Crippen molar-refractivity contribution in [2.45, 2.75) is 20.8 Å². The molecule has 5 nitrogen and oxygen atoms in total. The number of nitrogen functional groups attached to an aromatic ring is 1. The summed E-state index contributed by atoms with van der Waals surface area (Å²) in [6, 6.07) is 3.39. The Labute approximate surface area is 106 Å². The highest BCUT2D eigenvalue weighted by Gasteiger charge is 2.13. The Bertz CT molecular complexity index is 470. The van der Waals surface area contributed by atoms with Crippen molar-refractivity contribution in [2.75, 3.05) is 18.9 Å². The monoisotopic (exact) mass is 250 g/mol. The maximum absolute atomic E-state index is 11.8. The number of likely N-dealkylation sites (N-methyl/N-ethyl adjacent to an activating group) is 1. The summed E-state index contributed by atoms with van der Waals surface area (Å²) >= 11 is 0. The Morgan fingerprint density at radius 1 is 1.28 bits per heavy atom. The maximum Gasteiger partial charge on any atom is 0.338 e. The molecule has 0 fully saturated rings. The molecule has 1 rings (SSSR count). The molecule has 0 atom stereocenters. The summed E-state index contributed by atoms with van der Waals surface area (Å²) in [7, 11) is 0. The highest BCUT2D eigenvalue weighted by atomic mass is 16.5. The molecule has 0 bridgehead atoms. The van der Waals surface area contributed by atoms with Crippen molar-refractivity contribution >= 4 is 17.6 Å². The van der Waals surface area contributed by atoms with Crippen LogP contribution in [0.5, 0.6) is 0 Å². The van der Waals surface area contributed by atoms with Gasteiger partial charge in [-0.05, 0) is 38.0 Å². The molecule has 18 heavy (non-hydrogen) atoms. The van der Waals surface area contributed by atoms with E-state index < -0.39 is 5.97 Å². The van der Waals surface area contributed by atoms with Crippen LogP contribution >= 0.6 is 0 Å². The highest BCUT2D eigenvalue weighted by Crippen LogP contribution is 2.18. The fourth-order valence-electron chi connectivity index (χ4n) is 1.55. The highest BCUT2D eigenvalue weighted by molar-refractivity contribution is 5.93. The first-order valence-corrected chi connectivity index (χ1v) is 5.76. The minimum Gasteiger partial charge on any atom is -0.452 e. The van der Waals surface area contributed by atoms with Crippen molar-refractivity contribution in [1.29, 1.82) is 0 Å². The van der Waals surface area contributed by atoms with Crippen LogP contribution in [-0.4, -0.2) is 25.0 Å². The first-order chi connectivity index (χ1) is 8.45. The zero-order valence-corrected chi connectivity index (χ0v) is 10.9. The van der Waals surface area contributed by atoms with Crippen molar-refractivity contribution in [3.05, 3.63) is 28.8 Å².